The highest BCUT2D eigenvalue weighted by atomic mass is 16.5. The fraction of sp³-hybridized carbons (Fsp3) is 0.158. The van der Waals surface area contributed by atoms with Crippen molar-refractivity contribution in [3.63, 3.8) is 0 Å². The summed E-state index contributed by atoms with van der Waals surface area (Å²) < 4.78 is 5.28. The van der Waals surface area contributed by atoms with Gasteiger partial charge in [-0.3, -0.25) is 9.59 Å². The number of nitrogens with one attached hydrogen (secondary N) is 2. The van der Waals surface area contributed by atoms with Gasteiger partial charge in [0.15, 0.2) is 0 Å². The van der Waals surface area contributed by atoms with E-state index in [4.69, 9.17) is 4.74 Å². The Morgan fingerprint density at radius 3 is 2.46 bits per heavy atom. The van der Waals surface area contributed by atoms with Crippen LogP contribution >= 0.6 is 0 Å². The van der Waals surface area contributed by atoms with E-state index >= 15 is 0 Å². The molecule has 2 N–H and O–H groups in total. The smallest absolute Gasteiger partial charge is 0.255 e. The van der Waals surface area contributed by atoms with Crippen LogP contribution in [0.15, 0.2) is 55.1 Å². The summed E-state index contributed by atoms with van der Waals surface area (Å²) >= 11 is 0. The van der Waals surface area contributed by atoms with Crippen LogP contribution in [-0.2, 0) is 11.2 Å². The molecule has 0 heterocycles. The molecule has 0 saturated heterocycles. The molecule has 0 radical (unpaired) electrons. The fourth-order valence-corrected chi connectivity index (χ4v) is 2.32. The largest absolute Gasteiger partial charge is 0.496 e. The van der Waals surface area contributed by atoms with Crippen molar-refractivity contribution in [1.29, 1.82) is 0 Å². The lowest BCUT2D eigenvalue weighted by molar-refractivity contribution is -0.114. The van der Waals surface area contributed by atoms with Crippen LogP contribution in [0.1, 0.15) is 22.8 Å². The van der Waals surface area contributed by atoms with Crippen molar-refractivity contribution in [2.45, 2.75) is 13.3 Å². The first kappa shape index (κ1) is 17.3. The lowest BCUT2D eigenvalue weighted by Gasteiger charge is -2.11. The van der Waals surface area contributed by atoms with Gasteiger partial charge < -0.3 is 15.4 Å². The zero-order chi connectivity index (χ0) is 17.5. The van der Waals surface area contributed by atoms with Gasteiger partial charge in [0.1, 0.15) is 5.75 Å². The Balaban J connectivity index is 2.19. The van der Waals surface area contributed by atoms with E-state index in [1.807, 2.05) is 0 Å². The average Bonchev–Trinajstić information content (AvgIpc) is 2.54. The number of rotatable bonds is 6. The highest BCUT2D eigenvalue weighted by Gasteiger charge is 2.10. The first-order valence-electron chi connectivity index (χ1n) is 7.50. The minimum atomic E-state index is -0.233. The summed E-state index contributed by atoms with van der Waals surface area (Å²) in [7, 11) is 1.59. The number of hydrogen-bond donors (Lipinski definition) is 2. The number of carbonyl (C=O) groups is 2. The standard InChI is InChI=1S/C19H20N2O3/c1-4-6-14-11-15(9-10-18(14)24-3)19(23)21-17-8-5-7-16(12-17)20-13(2)22/h4-5,7-12H,1,6H2,2-3H3,(H,20,22)(H,21,23). The van der Waals surface area contributed by atoms with Gasteiger partial charge in [0.05, 0.1) is 7.11 Å². The molecule has 0 atom stereocenters. The maximum atomic E-state index is 12.4. The molecule has 5 nitrogen and oxygen atoms in total. The van der Waals surface area contributed by atoms with Crippen LogP contribution in [0.2, 0.25) is 0 Å². The summed E-state index contributed by atoms with van der Waals surface area (Å²) in [6.07, 6.45) is 2.37. The second-order valence-corrected chi connectivity index (χ2v) is 5.24. The highest BCUT2D eigenvalue weighted by molar-refractivity contribution is 6.05. The zero-order valence-electron chi connectivity index (χ0n) is 13.8. The van der Waals surface area contributed by atoms with Crippen molar-refractivity contribution in [3.8, 4) is 5.75 Å². The average molecular weight is 324 g/mol. The molecule has 124 valence electrons. The van der Waals surface area contributed by atoms with E-state index in [1.165, 1.54) is 6.92 Å². The monoisotopic (exact) mass is 324 g/mol. The lowest BCUT2D eigenvalue weighted by atomic mass is 10.1. The van der Waals surface area contributed by atoms with Gasteiger partial charge in [0.2, 0.25) is 5.91 Å². The summed E-state index contributed by atoms with van der Waals surface area (Å²) in [4.78, 5) is 23.5. The van der Waals surface area contributed by atoms with Crippen molar-refractivity contribution in [2.75, 3.05) is 17.7 Å². The second-order valence-electron chi connectivity index (χ2n) is 5.24. The normalized spacial score (nSPS) is 9.92. The van der Waals surface area contributed by atoms with E-state index < -0.39 is 0 Å². The van der Waals surface area contributed by atoms with Crippen molar-refractivity contribution in [3.05, 3.63) is 66.2 Å². The molecule has 0 aliphatic carbocycles. The predicted octanol–water partition coefficient (Wildman–Crippen LogP) is 3.63. The van der Waals surface area contributed by atoms with Crippen LogP contribution in [0.25, 0.3) is 0 Å². The summed E-state index contributed by atoms with van der Waals surface area (Å²) in [5.41, 5.74) is 2.65. The number of anilines is 2. The Morgan fingerprint density at radius 1 is 1.12 bits per heavy atom. The third-order valence-corrected chi connectivity index (χ3v) is 3.35. The molecule has 0 fully saturated rings. The van der Waals surface area contributed by atoms with Gasteiger partial charge in [0.25, 0.3) is 5.91 Å². The van der Waals surface area contributed by atoms with Crippen LogP contribution in [0.5, 0.6) is 5.75 Å². The van der Waals surface area contributed by atoms with E-state index in [-0.39, 0.29) is 11.8 Å². The topological polar surface area (TPSA) is 67.4 Å². The SMILES string of the molecule is C=CCc1cc(C(=O)Nc2cccc(NC(C)=O)c2)ccc1OC. The first-order valence-corrected chi connectivity index (χ1v) is 7.50. The number of allylic oxidation sites excluding steroid dienone is 1. The van der Waals surface area contributed by atoms with Gasteiger partial charge in [-0.25, -0.2) is 0 Å². The molecule has 24 heavy (non-hydrogen) atoms. The summed E-state index contributed by atoms with van der Waals surface area (Å²) in [6.45, 7) is 5.15. The Kier molecular flexibility index (Phi) is 5.73. The quantitative estimate of drug-likeness (QED) is 0.797. The molecule has 2 amide bonds. The van der Waals surface area contributed by atoms with Crippen LogP contribution in [0, 0.1) is 0 Å². The van der Waals surface area contributed by atoms with Crippen LogP contribution < -0.4 is 15.4 Å². The molecule has 0 saturated carbocycles. The molecule has 0 aliphatic rings. The number of ether oxygens (including phenoxy) is 1. The molecule has 2 aromatic carbocycles. The summed E-state index contributed by atoms with van der Waals surface area (Å²) in [6, 6.07) is 12.2. The Hall–Kier alpha value is -3.08. The summed E-state index contributed by atoms with van der Waals surface area (Å²) in [5, 5.41) is 5.50. The molecule has 0 unspecified atom stereocenters. The van der Waals surface area contributed by atoms with Crippen molar-refractivity contribution < 1.29 is 14.3 Å². The molecular weight excluding hydrogens is 304 g/mol. The van der Waals surface area contributed by atoms with Gasteiger partial charge in [-0.2, -0.15) is 0 Å². The van der Waals surface area contributed by atoms with Gasteiger partial charge >= 0.3 is 0 Å². The molecule has 2 aromatic rings. The van der Waals surface area contributed by atoms with Crippen LogP contribution in [0.4, 0.5) is 11.4 Å². The third kappa shape index (κ3) is 4.46. The summed E-state index contributed by atoms with van der Waals surface area (Å²) in [5.74, 6) is 0.324. The fourth-order valence-electron chi connectivity index (χ4n) is 2.32. The Labute approximate surface area is 141 Å². The maximum absolute atomic E-state index is 12.4. The number of hydrogen-bond acceptors (Lipinski definition) is 3. The van der Waals surface area contributed by atoms with E-state index in [1.54, 1.807) is 55.7 Å². The number of amides is 2. The number of carbonyl (C=O) groups excluding carboxylic acids is 2. The van der Waals surface area contributed by atoms with Gasteiger partial charge in [0, 0.05) is 23.9 Å². The van der Waals surface area contributed by atoms with Gasteiger partial charge in [-0.1, -0.05) is 12.1 Å². The molecule has 0 bridgehead atoms. The van der Waals surface area contributed by atoms with Crippen molar-refractivity contribution in [1.82, 2.24) is 0 Å². The van der Waals surface area contributed by atoms with Crippen molar-refractivity contribution in [2.24, 2.45) is 0 Å². The van der Waals surface area contributed by atoms with E-state index in [0.29, 0.717) is 23.4 Å². The van der Waals surface area contributed by atoms with E-state index in [2.05, 4.69) is 17.2 Å². The minimum Gasteiger partial charge on any atom is -0.496 e. The Morgan fingerprint density at radius 2 is 1.83 bits per heavy atom. The number of benzene rings is 2. The molecule has 0 aliphatic heterocycles. The minimum absolute atomic E-state index is 0.164. The van der Waals surface area contributed by atoms with Gasteiger partial charge in [-0.05, 0) is 48.4 Å². The first-order chi connectivity index (χ1) is 11.5. The molecule has 0 spiro atoms. The van der Waals surface area contributed by atoms with Crippen LogP contribution in [-0.4, -0.2) is 18.9 Å². The van der Waals surface area contributed by atoms with Crippen molar-refractivity contribution >= 4 is 23.2 Å². The lowest BCUT2D eigenvalue weighted by Crippen LogP contribution is -2.13. The van der Waals surface area contributed by atoms with Crippen LogP contribution in [0.3, 0.4) is 0 Å². The third-order valence-electron chi connectivity index (χ3n) is 3.35. The zero-order valence-corrected chi connectivity index (χ0v) is 13.8. The van der Waals surface area contributed by atoms with E-state index in [9.17, 15) is 9.59 Å². The maximum Gasteiger partial charge on any atom is 0.255 e. The predicted molar refractivity (Wildman–Crippen MR) is 95.6 cm³/mol. The number of methoxy groups -OCH3 is 1. The second kappa shape index (κ2) is 7.97. The Bertz CT molecular complexity index is 769. The highest BCUT2D eigenvalue weighted by Crippen LogP contribution is 2.22. The molecule has 2 rings (SSSR count). The van der Waals surface area contributed by atoms with E-state index in [0.717, 1.165) is 11.3 Å². The molecular formula is C19H20N2O3. The molecule has 0 aromatic heterocycles. The van der Waals surface area contributed by atoms with Gasteiger partial charge in [-0.15, -0.1) is 6.58 Å². The molecule has 5 heteroatoms.